The molecule has 0 aromatic heterocycles. The van der Waals surface area contributed by atoms with Crippen LogP contribution in [0.3, 0.4) is 0 Å². The third-order valence-electron chi connectivity index (χ3n) is 7.37. The van der Waals surface area contributed by atoms with Crippen LogP contribution >= 0.6 is 34.8 Å². The summed E-state index contributed by atoms with van der Waals surface area (Å²) in [6.45, 7) is 14.1. The first-order valence-corrected chi connectivity index (χ1v) is 18.4. The molecule has 0 saturated heterocycles. The maximum absolute atomic E-state index is 15.3. The average molecular weight is 860 g/mol. The van der Waals surface area contributed by atoms with Crippen LogP contribution < -0.4 is 29.4 Å². The summed E-state index contributed by atoms with van der Waals surface area (Å²) in [6, 6.07) is 17.5. The number of amides is 1. The Morgan fingerprint density at radius 2 is 1.23 bits per heavy atom. The summed E-state index contributed by atoms with van der Waals surface area (Å²) in [5.41, 5.74) is 0.491. The van der Waals surface area contributed by atoms with E-state index in [1.165, 1.54) is 87.0 Å². The van der Waals surface area contributed by atoms with Crippen molar-refractivity contribution >= 4 is 73.8 Å². The highest BCUT2D eigenvalue weighted by atomic mass is 35.5. The molecular weight excluding hydrogens is 833 g/mol. The van der Waals surface area contributed by atoms with Crippen molar-refractivity contribution in [2.45, 2.75) is 17.7 Å². The number of benzene rings is 5. The predicted molar refractivity (Wildman–Crippen MR) is 208 cm³/mol. The van der Waals surface area contributed by atoms with Gasteiger partial charge in [0.2, 0.25) is 27.4 Å². The zero-order valence-electron chi connectivity index (χ0n) is 29.4. The quantitative estimate of drug-likeness (QED) is 0.103. The van der Waals surface area contributed by atoms with Gasteiger partial charge >= 0.3 is 5.97 Å². The number of hydrogen-bond donors (Lipinski definition) is 3. The van der Waals surface area contributed by atoms with Crippen molar-refractivity contribution in [3.63, 3.8) is 0 Å². The van der Waals surface area contributed by atoms with Gasteiger partial charge < -0.3 is 29.4 Å². The molecule has 294 valence electrons. The van der Waals surface area contributed by atoms with Crippen molar-refractivity contribution in [2.24, 2.45) is 5.14 Å². The lowest BCUT2D eigenvalue weighted by Crippen LogP contribution is -2.16. The molecule has 57 heavy (non-hydrogen) atoms. The Bertz CT molecular complexity index is 2570. The SMILES string of the molecule is [C-]#[N+]c1cc(Cl)cc(Oc2c(OC)ccc(CC(=O)Nc3ccc(S(N)(=O)=O)cc3Cl)c2F)c1.[C-]#[N+]c1cc(Cl)cc(Oc2c(OC)ccc(CC(=O)O)c2F)c1. The van der Waals surface area contributed by atoms with E-state index < -0.39 is 46.4 Å². The highest BCUT2D eigenvalue weighted by molar-refractivity contribution is 7.89. The van der Waals surface area contributed by atoms with E-state index in [1.54, 1.807) is 0 Å². The molecule has 0 spiro atoms. The molecule has 0 bridgehead atoms. The monoisotopic (exact) mass is 858 g/mol. The maximum Gasteiger partial charge on any atom is 0.307 e. The number of halogens is 5. The number of carboxylic acid groups (broad SMARTS) is 1. The van der Waals surface area contributed by atoms with Crippen LogP contribution in [0.15, 0.2) is 83.8 Å². The normalized spacial score (nSPS) is 10.6. The Morgan fingerprint density at radius 1 is 0.754 bits per heavy atom. The van der Waals surface area contributed by atoms with Crippen LogP contribution in [0.5, 0.6) is 34.5 Å². The molecule has 0 radical (unpaired) electrons. The summed E-state index contributed by atoms with van der Waals surface area (Å²) in [4.78, 5) is 29.6. The average Bonchev–Trinajstić information content (AvgIpc) is 3.15. The first-order valence-electron chi connectivity index (χ1n) is 15.7. The fourth-order valence-electron chi connectivity index (χ4n) is 4.83. The van der Waals surface area contributed by atoms with Crippen LogP contribution in [-0.2, 0) is 32.5 Å². The Balaban J connectivity index is 0.000000273. The van der Waals surface area contributed by atoms with Crippen LogP contribution in [0, 0.1) is 24.8 Å². The topological polar surface area (TPSA) is 172 Å². The number of rotatable bonds is 12. The zero-order valence-corrected chi connectivity index (χ0v) is 32.5. The lowest BCUT2D eigenvalue weighted by molar-refractivity contribution is -0.136. The minimum absolute atomic E-state index is 0.0157. The number of nitrogens with two attached hydrogens (primary N) is 1. The van der Waals surface area contributed by atoms with Crippen molar-refractivity contribution in [2.75, 3.05) is 19.5 Å². The molecular formula is C38H27Cl3F2N4O9S. The molecule has 1 amide bonds. The summed E-state index contributed by atoms with van der Waals surface area (Å²) < 4.78 is 73.8. The number of carbonyl (C=O) groups excluding carboxylic acids is 1. The molecule has 0 unspecified atom stereocenters. The first kappa shape index (κ1) is 43.6. The molecule has 0 fully saturated rings. The van der Waals surface area contributed by atoms with Gasteiger partial charge in [-0.15, -0.1) is 0 Å². The van der Waals surface area contributed by atoms with Gasteiger partial charge in [-0.25, -0.2) is 32.0 Å². The third-order valence-corrected chi connectivity index (χ3v) is 9.03. The number of carboxylic acids is 1. The number of anilines is 1. The lowest BCUT2D eigenvalue weighted by Gasteiger charge is -2.15. The Kier molecular flexibility index (Phi) is 14.6. The third kappa shape index (κ3) is 11.7. The van der Waals surface area contributed by atoms with Crippen molar-refractivity contribution in [1.29, 1.82) is 0 Å². The number of primary sulfonamides is 1. The fraction of sp³-hybridized carbons (Fsp3) is 0.105. The molecule has 0 aliphatic carbocycles. The molecule has 5 rings (SSSR count). The predicted octanol–water partition coefficient (Wildman–Crippen LogP) is 9.77. The molecule has 0 saturated carbocycles. The number of hydrogen-bond acceptors (Lipinski definition) is 8. The number of aliphatic carboxylic acids is 1. The van der Waals surface area contributed by atoms with Crippen molar-refractivity contribution in [3.8, 4) is 34.5 Å². The van der Waals surface area contributed by atoms with Crippen LogP contribution in [-0.4, -0.2) is 39.6 Å². The summed E-state index contributed by atoms with van der Waals surface area (Å²) in [5.74, 6) is -3.62. The lowest BCUT2D eigenvalue weighted by atomic mass is 10.1. The van der Waals surface area contributed by atoms with E-state index in [0.717, 1.165) is 6.07 Å². The first-order chi connectivity index (χ1) is 26.9. The molecule has 13 nitrogen and oxygen atoms in total. The van der Waals surface area contributed by atoms with E-state index in [2.05, 4.69) is 15.0 Å². The summed E-state index contributed by atoms with van der Waals surface area (Å²) in [5, 5.41) is 16.8. The van der Waals surface area contributed by atoms with Gasteiger partial charge in [0.05, 0.1) is 55.8 Å². The fourth-order valence-corrected chi connectivity index (χ4v) is 6.10. The van der Waals surface area contributed by atoms with Gasteiger partial charge in [0, 0.05) is 21.2 Å². The molecule has 4 N–H and O–H groups in total. The van der Waals surface area contributed by atoms with E-state index >= 15 is 4.39 Å². The number of methoxy groups -OCH3 is 2. The largest absolute Gasteiger partial charge is 0.493 e. The van der Waals surface area contributed by atoms with E-state index in [1.807, 2.05) is 0 Å². The van der Waals surface area contributed by atoms with Crippen molar-refractivity contribution in [1.82, 2.24) is 0 Å². The van der Waals surface area contributed by atoms with Gasteiger partial charge in [-0.3, -0.25) is 9.59 Å². The molecule has 0 atom stereocenters. The Morgan fingerprint density at radius 3 is 1.63 bits per heavy atom. The van der Waals surface area contributed by atoms with Gasteiger partial charge in [0.25, 0.3) is 0 Å². The van der Waals surface area contributed by atoms with Gasteiger partial charge in [0.15, 0.2) is 34.5 Å². The van der Waals surface area contributed by atoms with E-state index in [4.69, 9.17) is 77.1 Å². The second-order valence-corrected chi connectivity index (χ2v) is 14.2. The van der Waals surface area contributed by atoms with E-state index in [0.29, 0.717) is 0 Å². The van der Waals surface area contributed by atoms with Crippen LogP contribution in [0.25, 0.3) is 9.69 Å². The van der Waals surface area contributed by atoms with Crippen LogP contribution in [0.2, 0.25) is 15.1 Å². The van der Waals surface area contributed by atoms with Crippen molar-refractivity contribution in [3.05, 3.63) is 140 Å². The number of carbonyl (C=O) groups is 2. The summed E-state index contributed by atoms with van der Waals surface area (Å²) in [7, 11) is -1.31. The van der Waals surface area contributed by atoms with Gasteiger partial charge in [0.1, 0.15) is 11.5 Å². The molecule has 5 aromatic carbocycles. The van der Waals surface area contributed by atoms with E-state index in [-0.39, 0.29) is 82.6 Å². The number of nitrogens with one attached hydrogen (secondary N) is 1. The van der Waals surface area contributed by atoms with Crippen LogP contribution in [0.4, 0.5) is 25.8 Å². The van der Waals surface area contributed by atoms with Gasteiger partial charge in [-0.1, -0.05) is 46.9 Å². The molecule has 5 aromatic rings. The minimum atomic E-state index is -3.97. The highest BCUT2D eigenvalue weighted by Gasteiger charge is 2.21. The number of nitrogens with zero attached hydrogens (tertiary/aromatic N) is 2. The molecule has 0 heterocycles. The molecule has 0 aliphatic heterocycles. The van der Waals surface area contributed by atoms with Crippen molar-refractivity contribution < 1.29 is 50.8 Å². The Hall–Kier alpha value is -6.14. The second-order valence-electron chi connectivity index (χ2n) is 11.3. The second kappa shape index (κ2) is 19.1. The van der Waals surface area contributed by atoms with E-state index in [9.17, 15) is 22.4 Å². The highest BCUT2D eigenvalue weighted by Crippen LogP contribution is 2.40. The minimum Gasteiger partial charge on any atom is -0.493 e. The standard InChI is InChI=1S/C22H16Cl2FN3O5S.C16H11ClFNO4/c1-27-14-8-13(23)9-15(10-14)33-22-19(32-2)6-3-12(21(22)25)7-20(29)28-18-5-4-16(11-17(18)24)34(26,30)31;1-19-11-6-10(17)7-12(8-11)23-16-13(22-2)4-3-9(15(16)18)5-14(20)21/h3-6,8-11H,7H2,2H3,(H,28,29)(H2,26,30,31);3-4,6-8H,5H2,2H3,(H,20,21). The Labute approximate surface area is 339 Å². The molecule has 19 heteroatoms. The maximum atomic E-state index is 15.3. The molecule has 0 aliphatic rings. The van der Waals surface area contributed by atoms with Gasteiger partial charge in [-0.2, -0.15) is 0 Å². The summed E-state index contributed by atoms with van der Waals surface area (Å²) >= 11 is 17.9. The number of sulfonamides is 1. The summed E-state index contributed by atoms with van der Waals surface area (Å²) in [6.07, 6.45) is -0.892. The zero-order chi connectivity index (χ0) is 42.0. The smallest absolute Gasteiger partial charge is 0.307 e. The number of ether oxygens (including phenoxy) is 4. The van der Waals surface area contributed by atoms with Crippen LogP contribution in [0.1, 0.15) is 11.1 Å². The van der Waals surface area contributed by atoms with Gasteiger partial charge in [-0.05, 0) is 66.7 Å².